The van der Waals surface area contributed by atoms with E-state index in [1.54, 1.807) is 60.7 Å². The molecule has 0 unspecified atom stereocenters. The first kappa shape index (κ1) is 22.4. The normalized spacial score (nSPS) is 16.4. The average molecular weight is 480 g/mol. The van der Waals surface area contributed by atoms with Crippen LogP contribution in [0.3, 0.4) is 0 Å². The summed E-state index contributed by atoms with van der Waals surface area (Å²) in [6.45, 7) is -0.137. The number of benzene rings is 3. The molecule has 1 fully saturated rings. The zero-order valence-corrected chi connectivity index (χ0v) is 18.1. The summed E-state index contributed by atoms with van der Waals surface area (Å²) in [7, 11) is -4.48. The van der Waals surface area contributed by atoms with E-state index in [9.17, 15) is 26.4 Å². The number of hydrogen-bond donors (Lipinski definition) is 0. The SMILES string of the molecule is O=C1N(S(=O)(=O)c2ccc(C(F)(F)F)cc2Cl)CCC1(c1ccccc1)c1ccccc1. The second kappa shape index (κ2) is 7.94. The van der Waals surface area contributed by atoms with E-state index in [2.05, 4.69) is 0 Å². The summed E-state index contributed by atoms with van der Waals surface area (Å²) < 4.78 is 66.2. The molecule has 0 spiro atoms. The summed E-state index contributed by atoms with van der Waals surface area (Å²) in [5.41, 5.74) is -1.05. The minimum atomic E-state index is -4.68. The molecule has 1 saturated heterocycles. The van der Waals surface area contributed by atoms with Gasteiger partial charge in [0.2, 0.25) is 0 Å². The molecule has 1 aliphatic rings. The van der Waals surface area contributed by atoms with E-state index < -0.39 is 43.0 Å². The predicted octanol–water partition coefficient (Wildman–Crippen LogP) is 5.27. The number of rotatable bonds is 4. The fourth-order valence-corrected chi connectivity index (χ4v) is 6.03. The van der Waals surface area contributed by atoms with Crippen LogP contribution in [-0.2, 0) is 26.4 Å². The number of sulfonamides is 1. The molecule has 166 valence electrons. The molecule has 3 aromatic carbocycles. The lowest BCUT2D eigenvalue weighted by atomic mass is 9.73. The van der Waals surface area contributed by atoms with Gasteiger partial charge < -0.3 is 0 Å². The van der Waals surface area contributed by atoms with Gasteiger partial charge in [-0.1, -0.05) is 72.3 Å². The van der Waals surface area contributed by atoms with Crippen molar-refractivity contribution in [2.75, 3.05) is 6.54 Å². The maximum absolute atomic E-state index is 13.7. The highest BCUT2D eigenvalue weighted by molar-refractivity contribution is 7.89. The van der Waals surface area contributed by atoms with Gasteiger partial charge >= 0.3 is 6.18 Å². The Morgan fingerprint density at radius 3 is 1.88 bits per heavy atom. The van der Waals surface area contributed by atoms with Crippen molar-refractivity contribution in [2.45, 2.75) is 22.9 Å². The van der Waals surface area contributed by atoms with Crippen molar-refractivity contribution in [1.82, 2.24) is 4.31 Å². The van der Waals surface area contributed by atoms with E-state index in [0.717, 1.165) is 6.07 Å². The summed E-state index contributed by atoms with van der Waals surface area (Å²) in [5.74, 6) is -0.675. The lowest BCUT2D eigenvalue weighted by Crippen LogP contribution is -2.41. The summed E-state index contributed by atoms with van der Waals surface area (Å²) in [5, 5.41) is -0.593. The Balaban J connectivity index is 1.81. The van der Waals surface area contributed by atoms with Gasteiger partial charge in [0.05, 0.1) is 10.6 Å². The Labute approximate surface area is 188 Å². The molecule has 1 heterocycles. The Bertz CT molecular complexity index is 1220. The second-order valence-corrected chi connectivity index (χ2v) is 9.65. The van der Waals surface area contributed by atoms with Gasteiger partial charge in [-0.15, -0.1) is 0 Å². The highest BCUT2D eigenvalue weighted by Crippen LogP contribution is 2.44. The van der Waals surface area contributed by atoms with E-state index in [1.165, 1.54) is 0 Å². The van der Waals surface area contributed by atoms with Crippen LogP contribution in [0, 0.1) is 0 Å². The maximum Gasteiger partial charge on any atom is 0.416 e. The van der Waals surface area contributed by atoms with Crippen LogP contribution in [0.25, 0.3) is 0 Å². The zero-order chi connectivity index (χ0) is 23.1. The largest absolute Gasteiger partial charge is 0.416 e. The van der Waals surface area contributed by atoms with Gasteiger partial charge in [-0.3, -0.25) is 4.79 Å². The van der Waals surface area contributed by atoms with E-state index >= 15 is 0 Å². The van der Waals surface area contributed by atoms with Crippen LogP contribution in [-0.4, -0.2) is 25.2 Å². The van der Waals surface area contributed by atoms with Crippen LogP contribution in [0.5, 0.6) is 0 Å². The molecule has 0 aromatic heterocycles. The Morgan fingerprint density at radius 1 is 0.875 bits per heavy atom. The Kier molecular flexibility index (Phi) is 5.55. The van der Waals surface area contributed by atoms with Gasteiger partial charge in [0.25, 0.3) is 15.9 Å². The molecule has 9 heteroatoms. The Hall–Kier alpha value is -2.84. The molecule has 32 heavy (non-hydrogen) atoms. The van der Waals surface area contributed by atoms with Crippen molar-refractivity contribution in [3.8, 4) is 0 Å². The van der Waals surface area contributed by atoms with Crippen molar-refractivity contribution < 1.29 is 26.4 Å². The molecule has 0 N–H and O–H groups in total. The minimum Gasteiger partial charge on any atom is -0.272 e. The highest BCUT2D eigenvalue weighted by atomic mass is 35.5. The fraction of sp³-hybridized carbons (Fsp3) is 0.174. The molecule has 4 rings (SSSR count). The molecule has 0 saturated carbocycles. The number of alkyl halides is 3. The zero-order valence-electron chi connectivity index (χ0n) is 16.5. The van der Waals surface area contributed by atoms with E-state index in [4.69, 9.17) is 11.6 Å². The van der Waals surface area contributed by atoms with Crippen molar-refractivity contribution in [3.63, 3.8) is 0 Å². The first-order valence-corrected chi connectivity index (χ1v) is 11.5. The number of amides is 1. The standard InChI is InChI=1S/C23H17ClF3NO3S/c24-19-15-18(23(25,26)27)11-12-20(19)32(30,31)28-14-13-22(21(28)29,16-7-3-1-4-8-16)17-9-5-2-6-10-17/h1-12,15H,13-14H2. The summed E-state index contributed by atoms with van der Waals surface area (Å²) >= 11 is 5.93. The molecule has 0 radical (unpaired) electrons. The molecule has 3 aromatic rings. The van der Waals surface area contributed by atoms with Crippen LogP contribution in [0.4, 0.5) is 13.2 Å². The summed E-state index contributed by atoms with van der Waals surface area (Å²) in [6.07, 6.45) is -4.50. The highest BCUT2D eigenvalue weighted by Gasteiger charge is 2.53. The van der Waals surface area contributed by atoms with Gasteiger partial charge in [0.15, 0.2) is 0 Å². The van der Waals surface area contributed by atoms with Crippen LogP contribution >= 0.6 is 11.6 Å². The fourth-order valence-electron chi connectivity index (χ4n) is 4.07. The van der Waals surface area contributed by atoms with Crippen LogP contribution in [0.1, 0.15) is 23.1 Å². The van der Waals surface area contributed by atoms with Crippen molar-refractivity contribution in [3.05, 3.63) is 101 Å². The number of carbonyl (C=O) groups excluding carboxylic acids is 1. The lowest BCUT2D eigenvalue weighted by molar-refractivity contribution is -0.137. The van der Waals surface area contributed by atoms with E-state index in [1.807, 2.05) is 0 Å². The monoisotopic (exact) mass is 479 g/mol. The molecule has 4 nitrogen and oxygen atoms in total. The number of halogens is 4. The molecule has 1 amide bonds. The number of nitrogens with zero attached hydrogens (tertiary/aromatic N) is 1. The van der Waals surface area contributed by atoms with Crippen LogP contribution < -0.4 is 0 Å². The van der Waals surface area contributed by atoms with E-state index in [0.29, 0.717) is 27.6 Å². The first-order chi connectivity index (χ1) is 15.1. The smallest absolute Gasteiger partial charge is 0.272 e. The average Bonchev–Trinajstić information content (AvgIpc) is 3.13. The molecular weight excluding hydrogens is 463 g/mol. The number of hydrogen-bond acceptors (Lipinski definition) is 3. The Morgan fingerprint density at radius 2 is 1.41 bits per heavy atom. The minimum absolute atomic E-state index is 0.137. The van der Waals surface area contributed by atoms with Gasteiger partial charge in [0.1, 0.15) is 10.3 Å². The number of carbonyl (C=O) groups is 1. The van der Waals surface area contributed by atoms with Gasteiger partial charge in [-0.2, -0.15) is 13.2 Å². The molecule has 0 bridgehead atoms. The molecule has 0 aliphatic carbocycles. The van der Waals surface area contributed by atoms with Crippen LogP contribution in [0.15, 0.2) is 83.8 Å². The molecule has 1 aliphatic heterocycles. The summed E-state index contributed by atoms with van der Waals surface area (Å²) in [4.78, 5) is 13.2. The third-order valence-electron chi connectivity index (χ3n) is 5.64. The maximum atomic E-state index is 13.7. The van der Waals surface area contributed by atoms with Gasteiger partial charge in [-0.25, -0.2) is 12.7 Å². The first-order valence-electron chi connectivity index (χ1n) is 9.63. The van der Waals surface area contributed by atoms with Crippen molar-refractivity contribution >= 4 is 27.5 Å². The second-order valence-electron chi connectivity index (χ2n) is 7.41. The molecule has 0 atom stereocenters. The molecular formula is C23H17ClF3NO3S. The quantitative estimate of drug-likeness (QED) is 0.512. The lowest BCUT2D eigenvalue weighted by Gasteiger charge is -2.29. The van der Waals surface area contributed by atoms with Crippen LogP contribution in [0.2, 0.25) is 5.02 Å². The predicted molar refractivity (Wildman–Crippen MR) is 114 cm³/mol. The summed E-state index contributed by atoms with van der Waals surface area (Å²) in [6, 6.07) is 19.6. The van der Waals surface area contributed by atoms with Gasteiger partial charge in [0, 0.05) is 6.54 Å². The van der Waals surface area contributed by atoms with Crippen molar-refractivity contribution in [1.29, 1.82) is 0 Å². The van der Waals surface area contributed by atoms with E-state index in [-0.39, 0.29) is 13.0 Å². The third kappa shape index (κ3) is 3.57. The van der Waals surface area contributed by atoms with Crippen molar-refractivity contribution in [2.24, 2.45) is 0 Å². The third-order valence-corrected chi connectivity index (χ3v) is 7.91. The topological polar surface area (TPSA) is 54.5 Å². The van der Waals surface area contributed by atoms with Gasteiger partial charge in [-0.05, 0) is 35.7 Å².